The van der Waals surface area contributed by atoms with Gasteiger partial charge in [-0.05, 0) is 17.7 Å². The second kappa shape index (κ2) is 6.66. The van der Waals surface area contributed by atoms with Crippen molar-refractivity contribution in [3.63, 3.8) is 0 Å². The molecule has 5 aromatic rings. The number of imidazole rings is 2. The Morgan fingerprint density at radius 1 is 0.964 bits per heavy atom. The molecule has 0 saturated heterocycles. The minimum atomic E-state index is 0.438. The Balaban J connectivity index is 1.48. The van der Waals surface area contributed by atoms with Gasteiger partial charge in [0.25, 0.3) is 0 Å². The third kappa shape index (κ3) is 2.90. The van der Waals surface area contributed by atoms with Crippen molar-refractivity contribution >= 4 is 39.9 Å². The van der Waals surface area contributed by atoms with Crippen LogP contribution in [0.25, 0.3) is 22.2 Å². The van der Waals surface area contributed by atoms with E-state index in [1.165, 1.54) is 5.56 Å². The molecule has 0 aliphatic rings. The van der Waals surface area contributed by atoms with Gasteiger partial charge in [0.2, 0.25) is 11.9 Å². The lowest BCUT2D eigenvalue weighted by atomic mass is 10.2. The Hall–Kier alpha value is -3.94. The van der Waals surface area contributed by atoms with Crippen LogP contribution in [0.4, 0.5) is 17.7 Å². The Kier molecular flexibility index (Phi) is 3.86. The van der Waals surface area contributed by atoms with Crippen molar-refractivity contribution in [1.82, 2.24) is 29.5 Å². The molecular formula is C20H18N8. The van der Waals surface area contributed by atoms with E-state index >= 15 is 0 Å². The van der Waals surface area contributed by atoms with Gasteiger partial charge < -0.3 is 14.9 Å². The number of benzene rings is 2. The lowest BCUT2D eigenvalue weighted by molar-refractivity contribution is 0.950. The first-order valence-electron chi connectivity index (χ1n) is 8.95. The van der Waals surface area contributed by atoms with Gasteiger partial charge in [0.1, 0.15) is 5.52 Å². The number of aromatic nitrogens is 6. The lowest BCUT2D eigenvalue weighted by Crippen LogP contribution is -2.07. The number of aromatic amines is 1. The van der Waals surface area contributed by atoms with E-state index in [0.717, 1.165) is 16.6 Å². The highest BCUT2D eigenvalue weighted by molar-refractivity contribution is 5.84. The van der Waals surface area contributed by atoms with Crippen LogP contribution in [0.1, 0.15) is 5.56 Å². The summed E-state index contributed by atoms with van der Waals surface area (Å²) in [6.45, 7) is 0.650. The van der Waals surface area contributed by atoms with Gasteiger partial charge in [-0.1, -0.05) is 42.5 Å². The molecule has 0 atom stereocenters. The summed E-state index contributed by atoms with van der Waals surface area (Å²) in [5, 5.41) is 6.59. The summed E-state index contributed by atoms with van der Waals surface area (Å²) in [7, 11) is 1.96. The molecular weight excluding hydrogens is 352 g/mol. The van der Waals surface area contributed by atoms with Crippen molar-refractivity contribution in [3.8, 4) is 0 Å². The smallest absolute Gasteiger partial charge is 0.233 e. The molecule has 0 saturated carbocycles. The van der Waals surface area contributed by atoms with Crippen molar-refractivity contribution in [3.05, 3.63) is 66.5 Å². The molecule has 0 amide bonds. The molecule has 0 aliphatic heterocycles. The molecule has 0 radical (unpaired) electrons. The van der Waals surface area contributed by atoms with E-state index in [-0.39, 0.29) is 0 Å². The SMILES string of the molecule is Cn1c(Nc2nc(NCc3ccccc3)c3[nH]cnc3n2)nc2ccccc21. The predicted molar refractivity (Wildman–Crippen MR) is 109 cm³/mol. The highest BCUT2D eigenvalue weighted by atomic mass is 15.3. The van der Waals surface area contributed by atoms with Crippen LogP contribution >= 0.6 is 0 Å². The molecule has 3 aromatic heterocycles. The molecule has 0 bridgehead atoms. The number of hydrogen-bond donors (Lipinski definition) is 3. The average Bonchev–Trinajstić information content (AvgIpc) is 3.32. The average molecular weight is 370 g/mol. The van der Waals surface area contributed by atoms with Crippen molar-refractivity contribution in [2.75, 3.05) is 10.6 Å². The van der Waals surface area contributed by atoms with E-state index < -0.39 is 0 Å². The number of para-hydroxylation sites is 2. The van der Waals surface area contributed by atoms with Gasteiger partial charge in [0.05, 0.1) is 17.4 Å². The quantitative estimate of drug-likeness (QED) is 0.437. The zero-order chi connectivity index (χ0) is 18.9. The van der Waals surface area contributed by atoms with Crippen molar-refractivity contribution in [2.45, 2.75) is 6.54 Å². The number of aryl methyl sites for hydroxylation is 1. The van der Waals surface area contributed by atoms with E-state index in [0.29, 0.717) is 29.9 Å². The van der Waals surface area contributed by atoms with Crippen LogP contribution in [0.3, 0.4) is 0 Å². The zero-order valence-corrected chi connectivity index (χ0v) is 15.2. The molecule has 2 aromatic carbocycles. The van der Waals surface area contributed by atoms with Crippen LogP contribution in [-0.4, -0.2) is 29.5 Å². The number of hydrogen-bond acceptors (Lipinski definition) is 6. The number of nitrogens with zero attached hydrogens (tertiary/aromatic N) is 5. The van der Waals surface area contributed by atoms with Crippen molar-refractivity contribution in [2.24, 2.45) is 7.05 Å². The predicted octanol–water partition coefficient (Wildman–Crippen LogP) is 3.60. The van der Waals surface area contributed by atoms with Crippen LogP contribution < -0.4 is 10.6 Å². The Bertz CT molecular complexity index is 1260. The van der Waals surface area contributed by atoms with Gasteiger partial charge in [0.15, 0.2) is 11.5 Å². The Morgan fingerprint density at radius 2 is 1.79 bits per heavy atom. The van der Waals surface area contributed by atoms with Gasteiger partial charge in [-0.3, -0.25) is 5.32 Å². The van der Waals surface area contributed by atoms with E-state index in [9.17, 15) is 0 Å². The minimum Gasteiger partial charge on any atom is -0.364 e. The lowest BCUT2D eigenvalue weighted by Gasteiger charge is -2.09. The molecule has 0 spiro atoms. The summed E-state index contributed by atoms with van der Waals surface area (Å²) >= 11 is 0. The number of rotatable bonds is 5. The number of fused-ring (bicyclic) bond motifs is 2. The largest absolute Gasteiger partial charge is 0.364 e. The van der Waals surface area contributed by atoms with Crippen LogP contribution in [0.5, 0.6) is 0 Å². The first kappa shape index (κ1) is 16.2. The van der Waals surface area contributed by atoms with Gasteiger partial charge in [0, 0.05) is 13.6 Å². The minimum absolute atomic E-state index is 0.438. The third-order valence-corrected chi connectivity index (χ3v) is 4.60. The summed E-state index contributed by atoms with van der Waals surface area (Å²) in [6, 6.07) is 18.1. The van der Waals surface area contributed by atoms with E-state index in [1.807, 2.05) is 54.1 Å². The summed E-state index contributed by atoms with van der Waals surface area (Å²) in [4.78, 5) is 21.1. The molecule has 3 heterocycles. The maximum Gasteiger partial charge on any atom is 0.233 e. The second-order valence-corrected chi connectivity index (χ2v) is 6.44. The zero-order valence-electron chi connectivity index (χ0n) is 15.2. The number of H-pyrrole nitrogens is 1. The monoisotopic (exact) mass is 370 g/mol. The highest BCUT2D eigenvalue weighted by Crippen LogP contribution is 2.23. The fraction of sp³-hybridized carbons (Fsp3) is 0.100. The van der Waals surface area contributed by atoms with E-state index in [1.54, 1.807) is 6.33 Å². The van der Waals surface area contributed by atoms with Crippen LogP contribution in [0.15, 0.2) is 60.9 Å². The molecule has 8 nitrogen and oxygen atoms in total. The van der Waals surface area contributed by atoms with E-state index in [4.69, 9.17) is 0 Å². The molecule has 5 rings (SSSR count). The van der Waals surface area contributed by atoms with Gasteiger partial charge >= 0.3 is 0 Å². The standard InChI is InChI=1S/C20H18N8/c1-28-15-10-6-5-9-14(15)24-20(28)27-19-25-17(16-18(26-19)23-12-22-16)21-11-13-7-3-2-4-8-13/h2-10,12H,11H2,1H3,(H3,21,22,23,24,25,26,27). The van der Waals surface area contributed by atoms with E-state index in [2.05, 4.69) is 47.7 Å². The molecule has 138 valence electrons. The summed E-state index contributed by atoms with van der Waals surface area (Å²) in [5.74, 6) is 1.80. The van der Waals surface area contributed by atoms with Crippen molar-refractivity contribution < 1.29 is 0 Å². The van der Waals surface area contributed by atoms with Gasteiger partial charge in [-0.25, -0.2) is 9.97 Å². The van der Waals surface area contributed by atoms with Crippen LogP contribution in [-0.2, 0) is 13.6 Å². The normalized spacial score (nSPS) is 11.2. The third-order valence-electron chi connectivity index (χ3n) is 4.60. The highest BCUT2D eigenvalue weighted by Gasteiger charge is 2.13. The molecule has 0 unspecified atom stereocenters. The fourth-order valence-electron chi connectivity index (χ4n) is 3.16. The molecule has 8 heteroatoms. The second-order valence-electron chi connectivity index (χ2n) is 6.44. The molecule has 0 aliphatic carbocycles. The van der Waals surface area contributed by atoms with Crippen LogP contribution in [0, 0.1) is 0 Å². The number of nitrogens with one attached hydrogen (secondary N) is 3. The van der Waals surface area contributed by atoms with Gasteiger partial charge in [-0.15, -0.1) is 0 Å². The number of anilines is 3. The summed E-state index contributed by atoms with van der Waals surface area (Å²) in [6.07, 6.45) is 1.62. The molecule has 28 heavy (non-hydrogen) atoms. The maximum absolute atomic E-state index is 4.64. The molecule has 3 N–H and O–H groups in total. The fourth-order valence-corrected chi connectivity index (χ4v) is 3.16. The first-order valence-corrected chi connectivity index (χ1v) is 8.95. The molecule has 0 fully saturated rings. The topological polar surface area (TPSA) is 96.3 Å². The summed E-state index contributed by atoms with van der Waals surface area (Å²) < 4.78 is 1.98. The maximum atomic E-state index is 4.64. The Morgan fingerprint density at radius 3 is 2.64 bits per heavy atom. The summed E-state index contributed by atoms with van der Waals surface area (Å²) in [5.41, 5.74) is 4.47. The van der Waals surface area contributed by atoms with Crippen LogP contribution in [0.2, 0.25) is 0 Å². The van der Waals surface area contributed by atoms with Gasteiger partial charge in [-0.2, -0.15) is 9.97 Å². The first-order chi connectivity index (χ1) is 13.8. The Labute approximate surface area is 160 Å². The van der Waals surface area contributed by atoms with Crippen molar-refractivity contribution in [1.29, 1.82) is 0 Å².